The largest absolute Gasteiger partial charge is 0.476 e. The average molecular weight is 299 g/mol. The molecule has 0 aliphatic carbocycles. The van der Waals surface area contributed by atoms with E-state index in [9.17, 15) is 0 Å². The maximum atomic E-state index is 5.70. The van der Waals surface area contributed by atoms with Crippen molar-refractivity contribution in [3.05, 3.63) is 36.0 Å². The molecule has 0 saturated carbocycles. The first-order valence-electron chi connectivity index (χ1n) is 7.67. The lowest BCUT2D eigenvalue weighted by atomic mass is 9.98. The SMILES string of the molecule is Cc1cc(C)nc(N2CCC(COc3cnccn3)CC2)n1. The maximum Gasteiger partial charge on any atom is 0.232 e. The minimum Gasteiger partial charge on any atom is -0.476 e. The summed E-state index contributed by atoms with van der Waals surface area (Å²) in [5.74, 6) is 2.00. The third-order valence-electron chi connectivity index (χ3n) is 3.87. The second kappa shape index (κ2) is 6.68. The van der Waals surface area contributed by atoms with Crippen molar-refractivity contribution in [2.75, 3.05) is 24.6 Å². The van der Waals surface area contributed by atoms with Crippen molar-refractivity contribution >= 4 is 5.95 Å². The van der Waals surface area contributed by atoms with Gasteiger partial charge < -0.3 is 9.64 Å². The number of aromatic nitrogens is 4. The number of hydrogen-bond acceptors (Lipinski definition) is 6. The van der Waals surface area contributed by atoms with E-state index in [1.54, 1.807) is 18.6 Å². The van der Waals surface area contributed by atoms with E-state index < -0.39 is 0 Å². The van der Waals surface area contributed by atoms with E-state index in [4.69, 9.17) is 4.74 Å². The van der Waals surface area contributed by atoms with E-state index in [1.807, 2.05) is 19.9 Å². The Hall–Kier alpha value is -2.24. The molecule has 22 heavy (non-hydrogen) atoms. The Labute approximate surface area is 130 Å². The van der Waals surface area contributed by atoms with Crippen LogP contribution in [0.15, 0.2) is 24.7 Å². The Morgan fingerprint density at radius 3 is 2.50 bits per heavy atom. The van der Waals surface area contributed by atoms with Gasteiger partial charge in [0.15, 0.2) is 0 Å². The van der Waals surface area contributed by atoms with Crippen molar-refractivity contribution in [2.45, 2.75) is 26.7 Å². The Morgan fingerprint density at radius 2 is 1.86 bits per heavy atom. The van der Waals surface area contributed by atoms with Crippen LogP contribution < -0.4 is 9.64 Å². The zero-order chi connectivity index (χ0) is 15.4. The third-order valence-corrected chi connectivity index (χ3v) is 3.87. The molecule has 1 fully saturated rings. The molecule has 1 aliphatic heterocycles. The molecule has 0 bridgehead atoms. The van der Waals surface area contributed by atoms with Gasteiger partial charge in [0.25, 0.3) is 0 Å². The number of nitrogens with zero attached hydrogens (tertiary/aromatic N) is 5. The van der Waals surface area contributed by atoms with Gasteiger partial charge in [-0.05, 0) is 38.7 Å². The molecule has 0 aromatic carbocycles. The van der Waals surface area contributed by atoms with Gasteiger partial charge in [0.1, 0.15) is 0 Å². The predicted molar refractivity (Wildman–Crippen MR) is 84.0 cm³/mol. The van der Waals surface area contributed by atoms with Crippen LogP contribution in [0.1, 0.15) is 24.2 Å². The second-order valence-corrected chi connectivity index (χ2v) is 5.74. The summed E-state index contributed by atoms with van der Waals surface area (Å²) in [6.45, 7) is 6.66. The molecule has 116 valence electrons. The highest BCUT2D eigenvalue weighted by Gasteiger charge is 2.22. The van der Waals surface area contributed by atoms with Gasteiger partial charge in [-0.1, -0.05) is 0 Å². The van der Waals surface area contributed by atoms with Crippen LogP contribution in [-0.4, -0.2) is 39.6 Å². The molecule has 0 unspecified atom stereocenters. The highest BCUT2D eigenvalue weighted by molar-refractivity contribution is 5.32. The first-order chi connectivity index (χ1) is 10.7. The van der Waals surface area contributed by atoms with Gasteiger partial charge >= 0.3 is 0 Å². The first kappa shape index (κ1) is 14.7. The first-order valence-corrected chi connectivity index (χ1v) is 7.67. The molecule has 1 saturated heterocycles. The fourth-order valence-corrected chi connectivity index (χ4v) is 2.71. The molecular weight excluding hydrogens is 278 g/mol. The molecule has 2 aromatic rings. The summed E-state index contributed by atoms with van der Waals surface area (Å²) in [6.07, 6.45) is 7.11. The minimum atomic E-state index is 0.546. The minimum absolute atomic E-state index is 0.546. The van der Waals surface area contributed by atoms with Crippen LogP contribution in [0.2, 0.25) is 0 Å². The third kappa shape index (κ3) is 3.69. The molecule has 3 heterocycles. The Balaban J connectivity index is 1.52. The predicted octanol–water partition coefficient (Wildman–Crippen LogP) is 2.18. The normalized spacial score (nSPS) is 15.8. The highest BCUT2D eigenvalue weighted by atomic mass is 16.5. The van der Waals surface area contributed by atoms with Crippen LogP contribution in [0.5, 0.6) is 5.88 Å². The van der Waals surface area contributed by atoms with E-state index in [-0.39, 0.29) is 0 Å². The standard InChI is InChI=1S/C16H21N5O/c1-12-9-13(2)20-16(19-12)21-7-3-14(4-8-21)11-22-15-10-17-5-6-18-15/h5-6,9-10,14H,3-4,7-8,11H2,1-2H3. The molecule has 0 atom stereocenters. The van der Waals surface area contributed by atoms with E-state index in [1.165, 1.54) is 0 Å². The molecule has 0 spiro atoms. The number of aryl methyl sites for hydroxylation is 2. The molecule has 6 nitrogen and oxygen atoms in total. The molecular formula is C16H21N5O. The number of hydrogen-bond donors (Lipinski definition) is 0. The van der Waals surface area contributed by atoms with Crippen LogP contribution in [0.25, 0.3) is 0 Å². The fourth-order valence-electron chi connectivity index (χ4n) is 2.71. The van der Waals surface area contributed by atoms with Crippen LogP contribution in [0.4, 0.5) is 5.95 Å². The van der Waals surface area contributed by atoms with Gasteiger partial charge in [-0.3, -0.25) is 4.98 Å². The molecule has 1 aliphatic rings. The fraction of sp³-hybridized carbons (Fsp3) is 0.500. The smallest absolute Gasteiger partial charge is 0.232 e. The maximum absolute atomic E-state index is 5.70. The van der Waals surface area contributed by atoms with Gasteiger partial charge in [-0.25, -0.2) is 15.0 Å². The summed E-state index contributed by atoms with van der Waals surface area (Å²) >= 11 is 0. The van der Waals surface area contributed by atoms with Gasteiger partial charge in [0.05, 0.1) is 12.8 Å². The van der Waals surface area contributed by atoms with Crippen LogP contribution in [0.3, 0.4) is 0 Å². The summed E-state index contributed by atoms with van der Waals surface area (Å²) in [4.78, 5) is 19.5. The van der Waals surface area contributed by atoms with Crippen molar-refractivity contribution in [2.24, 2.45) is 5.92 Å². The zero-order valence-corrected chi connectivity index (χ0v) is 13.1. The van der Waals surface area contributed by atoms with Crippen molar-refractivity contribution in [1.82, 2.24) is 19.9 Å². The summed E-state index contributed by atoms with van der Waals surface area (Å²) < 4.78 is 5.70. The second-order valence-electron chi connectivity index (χ2n) is 5.74. The summed E-state index contributed by atoms with van der Waals surface area (Å²) in [5, 5.41) is 0. The van der Waals surface area contributed by atoms with Crippen molar-refractivity contribution in [3.8, 4) is 5.88 Å². The number of rotatable bonds is 4. The van der Waals surface area contributed by atoms with Gasteiger partial charge in [0, 0.05) is 36.9 Å². The van der Waals surface area contributed by atoms with Crippen molar-refractivity contribution in [1.29, 1.82) is 0 Å². The van der Waals surface area contributed by atoms with Crippen molar-refractivity contribution < 1.29 is 4.74 Å². The molecule has 3 rings (SSSR count). The van der Waals surface area contributed by atoms with Gasteiger partial charge in [-0.2, -0.15) is 0 Å². The molecule has 0 N–H and O–H groups in total. The van der Waals surface area contributed by atoms with Crippen LogP contribution >= 0.6 is 0 Å². The Morgan fingerprint density at radius 1 is 1.14 bits per heavy atom. The van der Waals surface area contributed by atoms with Gasteiger partial charge in [-0.15, -0.1) is 0 Å². The molecule has 0 amide bonds. The van der Waals surface area contributed by atoms with E-state index in [2.05, 4.69) is 24.8 Å². The number of piperidine rings is 1. The number of anilines is 1. The van der Waals surface area contributed by atoms with E-state index in [0.29, 0.717) is 18.4 Å². The van der Waals surface area contributed by atoms with E-state index >= 15 is 0 Å². The van der Waals surface area contributed by atoms with E-state index in [0.717, 1.165) is 43.3 Å². The molecule has 6 heteroatoms. The number of ether oxygens (including phenoxy) is 1. The quantitative estimate of drug-likeness (QED) is 0.862. The molecule has 2 aromatic heterocycles. The lowest BCUT2D eigenvalue weighted by Gasteiger charge is -2.32. The highest BCUT2D eigenvalue weighted by Crippen LogP contribution is 2.21. The topological polar surface area (TPSA) is 64.0 Å². The van der Waals surface area contributed by atoms with Crippen LogP contribution in [0, 0.1) is 19.8 Å². The summed E-state index contributed by atoms with van der Waals surface area (Å²) in [7, 11) is 0. The molecule has 0 radical (unpaired) electrons. The lowest BCUT2D eigenvalue weighted by Crippen LogP contribution is -2.36. The average Bonchev–Trinajstić information content (AvgIpc) is 2.53. The monoisotopic (exact) mass is 299 g/mol. The summed E-state index contributed by atoms with van der Waals surface area (Å²) in [5.41, 5.74) is 2.05. The Kier molecular flexibility index (Phi) is 4.46. The Bertz CT molecular complexity index is 591. The van der Waals surface area contributed by atoms with Crippen LogP contribution in [-0.2, 0) is 0 Å². The summed E-state index contributed by atoms with van der Waals surface area (Å²) in [6, 6.07) is 2.00. The lowest BCUT2D eigenvalue weighted by molar-refractivity contribution is 0.215. The zero-order valence-electron chi connectivity index (χ0n) is 13.1. The van der Waals surface area contributed by atoms with Gasteiger partial charge in [0.2, 0.25) is 11.8 Å². The van der Waals surface area contributed by atoms with Crippen molar-refractivity contribution in [3.63, 3.8) is 0 Å².